The molecule has 3 unspecified atom stereocenters. The number of rotatable bonds is 8. The van der Waals surface area contributed by atoms with Gasteiger partial charge in [-0.25, -0.2) is 14.4 Å². The van der Waals surface area contributed by atoms with E-state index in [9.17, 15) is 14.3 Å². The van der Waals surface area contributed by atoms with E-state index in [1.807, 2.05) is 29.8 Å². The number of aliphatic hydroxyl groups is 1. The lowest BCUT2D eigenvalue weighted by atomic mass is 10.0. The zero-order chi connectivity index (χ0) is 23.2. The van der Waals surface area contributed by atoms with Gasteiger partial charge < -0.3 is 21.1 Å². The van der Waals surface area contributed by atoms with Gasteiger partial charge in [0.05, 0.1) is 39.1 Å². The van der Waals surface area contributed by atoms with Crippen molar-refractivity contribution in [2.75, 3.05) is 17.2 Å². The van der Waals surface area contributed by atoms with Gasteiger partial charge in [0.1, 0.15) is 12.0 Å². The largest absolute Gasteiger partial charge is 0.387 e. The molecule has 1 amide bonds. The number of aromatic nitrogens is 2. The van der Waals surface area contributed by atoms with Gasteiger partial charge in [-0.05, 0) is 56.7 Å². The molecule has 0 bridgehead atoms. The molecule has 0 saturated heterocycles. The molecule has 33 heavy (non-hydrogen) atoms. The molecule has 174 valence electrons. The molecule has 9 heteroatoms. The predicted molar refractivity (Wildman–Crippen MR) is 129 cm³/mol. The molecule has 3 aromatic rings. The Morgan fingerprint density at radius 1 is 1.27 bits per heavy atom. The first kappa shape index (κ1) is 22.0. The van der Waals surface area contributed by atoms with Gasteiger partial charge in [-0.2, -0.15) is 0 Å². The van der Waals surface area contributed by atoms with Gasteiger partial charge in [0.2, 0.25) is 0 Å². The second-order valence-electron chi connectivity index (χ2n) is 9.53. The van der Waals surface area contributed by atoms with E-state index in [1.165, 1.54) is 39.3 Å². The van der Waals surface area contributed by atoms with Crippen molar-refractivity contribution in [2.24, 2.45) is 11.8 Å². The van der Waals surface area contributed by atoms with Crippen molar-refractivity contribution < 1.29 is 14.3 Å². The number of alkyl halides is 1. The number of benzene rings is 1. The van der Waals surface area contributed by atoms with Gasteiger partial charge in [0, 0.05) is 24.0 Å². The quantitative estimate of drug-likeness (QED) is 0.388. The fourth-order valence-corrected chi connectivity index (χ4v) is 5.36. The Kier molecular flexibility index (Phi) is 5.70. The van der Waals surface area contributed by atoms with Crippen LogP contribution in [0.3, 0.4) is 0 Å². The van der Waals surface area contributed by atoms with Crippen molar-refractivity contribution >= 4 is 44.7 Å². The third-order valence-corrected chi connectivity index (χ3v) is 7.48. The fraction of sp³-hybridized carbons (Fsp3) is 0.458. The number of thiazole rings is 1. The first-order valence-corrected chi connectivity index (χ1v) is 12.2. The molecular formula is C24H28FN5O2S. The summed E-state index contributed by atoms with van der Waals surface area (Å²) >= 11 is 1.57. The monoisotopic (exact) mass is 469 g/mol. The highest BCUT2D eigenvalue weighted by Crippen LogP contribution is 2.53. The first-order valence-electron chi connectivity index (χ1n) is 11.3. The number of amides is 1. The second-order valence-corrected chi connectivity index (χ2v) is 10.4. The minimum atomic E-state index is -1.57. The molecule has 5 rings (SSSR count). The number of nitrogens with one attached hydrogen (secondary N) is 3. The lowest BCUT2D eigenvalue weighted by Crippen LogP contribution is -2.42. The van der Waals surface area contributed by atoms with Crippen LogP contribution >= 0.6 is 11.3 Å². The minimum absolute atomic E-state index is 0.273. The lowest BCUT2D eigenvalue weighted by molar-refractivity contribution is -0.00177. The van der Waals surface area contributed by atoms with E-state index in [0.717, 1.165) is 15.9 Å². The summed E-state index contributed by atoms with van der Waals surface area (Å²) < 4.78 is 15.2. The number of carbonyl (C=O) groups is 1. The predicted octanol–water partition coefficient (Wildman–Crippen LogP) is 4.48. The number of hydrogen-bond donors (Lipinski definition) is 4. The molecule has 0 aliphatic heterocycles. The van der Waals surface area contributed by atoms with Crippen LogP contribution in [0.2, 0.25) is 0 Å². The zero-order valence-electron chi connectivity index (χ0n) is 18.6. The molecule has 4 N–H and O–H groups in total. The standard InChI is InChI=1S/C24H28FN5O2S/c1-24(2,32)20(25)11-27-23(31)16-10-26-21(9-18(16)30-22-14-4-3-5-15(14)22)29-13-6-7-17-19(8-13)33-12-28-17/h6-10,12,14-15,20,22,32H,3-5,11H2,1-2H3,(H,27,31)(H2,26,29,30). The lowest BCUT2D eigenvalue weighted by Gasteiger charge is -2.22. The maximum absolute atomic E-state index is 14.1. The molecule has 2 heterocycles. The SMILES string of the molecule is CC(C)(O)C(F)CNC(=O)c1cnc(Nc2ccc3ncsc3c2)cc1NC1C2CCCC21. The van der Waals surface area contributed by atoms with E-state index in [1.54, 1.807) is 11.3 Å². The Morgan fingerprint density at radius 3 is 2.82 bits per heavy atom. The van der Waals surface area contributed by atoms with E-state index in [4.69, 9.17) is 0 Å². The van der Waals surface area contributed by atoms with Gasteiger partial charge in [-0.1, -0.05) is 6.42 Å². The summed E-state index contributed by atoms with van der Waals surface area (Å²) in [6.07, 6.45) is 3.63. The van der Waals surface area contributed by atoms with E-state index >= 15 is 0 Å². The van der Waals surface area contributed by atoms with Crippen LogP contribution in [-0.2, 0) is 0 Å². The Labute approximate surface area is 195 Å². The molecule has 2 fully saturated rings. The van der Waals surface area contributed by atoms with Crippen LogP contribution < -0.4 is 16.0 Å². The second kappa shape index (κ2) is 8.53. The third-order valence-electron chi connectivity index (χ3n) is 6.69. The van der Waals surface area contributed by atoms with Crippen molar-refractivity contribution in [3.63, 3.8) is 0 Å². The molecule has 2 aromatic heterocycles. The van der Waals surface area contributed by atoms with E-state index in [2.05, 4.69) is 25.9 Å². The highest BCUT2D eigenvalue weighted by molar-refractivity contribution is 7.16. The average molecular weight is 470 g/mol. The van der Waals surface area contributed by atoms with Crippen molar-refractivity contribution in [1.82, 2.24) is 15.3 Å². The number of nitrogens with zero attached hydrogens (tertiary/aromatic N) is 2. The molecule has 7 nitrogen and oxygen atoms in total. The van der Waals surface area contributed by atoms with Crippen LogP contribution in [0.15, 0.2) is 36.0 Å². The van der Waals surface area contributed by atoms with Crippen molar-refractivity contribution in [1.29, 1.82) is 0 Å². The van der Waals surface area contributed by atoms with E-state index < -0.39 is 17.7 Å². The average Bonchev–Trinajstić information content (AvgIpc) is 3.16. The molecular weight excluding hydrogens is 441 g/mol. The zero-order valence-corrected chi connectivity index (χ0v) is 19.5. The number of pyridine rings is 1. The Morgan fingerprint density at radius 2 is 2.06 bits per heavy atom. The van der Waals surface area contributed by atoms with Crippen LogP contribution in [0.4, 0.5) is 21.6 Å². The first-order chi connectivity index (χ1) is 15.8. The van der Waals surface area contributed by atoms with Crippen molar-refractivity contribution in [3.8, 4) is 0 Å². The Balaban J connectivity index is 1.36. The van der Waals surface area contributed by atoms with Gasteiger partial charge in [-0.3, -0.25) is 4.79 Å². The summed E-state index contributed by atoms with van der Waals surface area (Å²) in [4.78, 5) is 21.6. The van der Waals surface area contributed by atoms with E-state index in [-0.39, 0.29) is 6.54 Å². The summed E-state index contributed by atoms with van der Waals surface area (Å²) in [6.45, 7) is 2.49. The van der Waals surface area contributed by atoms with E-state index in [0.29, 0.717) is 34.9 Å². The van der Waals surface area contributed by atoms with Crippen LogP contribution in [-0.4, -0.2) is 45.3 Å². The van der Waals surface area contributed by atoms with Gasteiger partial charge >= 0.3 is 0 Å². The normalized spacial score (nSPS) is 22.6. The van der Waals surface area contributed by atoms with Gasteiger partial charge in [-0.15, -0.1) is 11.3 Å². The fourth-order valence-electron chi connectivity index (χ4n) is 4.65. The maximum atomic E-state index is 14.1. The minimum Gasteiger partial charge on any atom is -0.387 e. The number of anilines is 3. The molecule has 1 aromatic carbocycles. The highest BCUT2D eigenvalue weighted by atomic mass is 32.1. The molecule has 2 saturated carbocycles. The maximum Gasteiger partial charge on any atom is 0.255 e. The molecule has 0 spiro atoms. The Bertz CT molecular complexity index is 1170. The van der Waals surface area contributed by atoms with Crippen LogP contribution in [0.1, 0.15) is 43.5 Å². The number of fused-ring (bicyclic) bond motifs is 2. The highest BCUT2D eigenvalue weighted by Gasteiger charge is 2.52. The van der Waals surface area contributed by atoms with Gasteiger partial charge in [0.15, 0.2) is 0 Å². The smallest absolute Gasteiger partial charge is 0.255 e. The third kappa shape index (κ3) is 4.65. The van der Waals surface area contributed by atoms with Crippen molar-refractivity contribution in [3.05, 3.63) is 41.5 Å². The van der Waals surface area contributed by atoms with Crippen LogP contribution in [0.25, 0.3) is 10.2 Å². The summed E-state index contributed by atoms with van der Waals surface area (Å²) in [7, 11) is 0. The number of halogens is 1. The van der Waals surface area contributed by atoms with Crippen molar-refractivity contribution in [2.45, 2.75) is 50.9 Å². The summed E-state index contributed by atoms with van der Waals surface area (Å²) in [5, 5.41) is 19.3. The summed E-state index contributed by atoms with van der Waals surface area (Å²) in [6, 6.07) is 8.12. The Hall–Kier alpha value is -2.78. The van der Waals surface area contributed by atoms with Gasteiger partial charge in [0.25, 0.3) is 5.91 Å². The molecule has 2 aliphatic carbocycles. The number of carbonyl (C=O) groups excluding carboxylic acids is 1. The number of hydrogen-bond acceptors (Lipinski definition) is 7. The molecule has 0 radical (unpaired) electrons. The topological polar surface area (TPSA) is 99.2 Å². The summed E-state index contributed by atoms with van der Waals surface area (Å²) in [5.74, 6) is 1.51. The van der Waals surface area contributed by atoms with Crippen LogP contribution in [0, 0.1) is 11.8 Å². The summed E-state index contributed by atoms with van der Waals surface area (Å²) in [5.41, 5.74) is 3.18. The van der Waals surface area contributed by atoms with Crippen LogP contribution in [0.5, 0.6) is 0 Å². The molecule has 3 atom stereocenters. The molecule has 2 aliphatic rings.